The molecule has 1 saturated carbocycles. The van der Waals surface area contributed by atoms with E-state index in [1.165, 1.54) is 0 Å². The second-order valence-corrected chi connectivity index (χ2v) is 8.78. The molecule has 1 atom stereocenters. The normalized spacial score (nSPS) is 19.3. The van der Waals surface area contributed by atoms with Gasteiger partial charge in [0, 0.05) is 5.92 Å². The fraction of sp³-hybridized carbons (Fsp3) is 0.333. The van der Waals surface area contributed by atoms with E-state index in [2.05, 4.69) is 34.6 Å². The number of carbonyl (C=O) groups excluding carboxylic acids is 1. The van der Waals surface area contributed by atoms with E-state index in [0.717, 1.165) is 48.1 Å². The first-order valence-electron chi connectivity index (χ1n) is 11.5. The molecule has 3 aromatic rings. The third-order valence-corrected chi connectivity index (χ3v) is 6.48. The Kier molecular flexibility index (Phi) is 7.17. The molecular weight excluding hydrogens is 396 g/mol. The Hall–Kier alpha value is -3.18. The van der Waals surface area contributed by atoms with E-state index < -0.39 is 0 Å². The zero-order chi connectivity index (χ0) is 22.3. The fourth-order valence-corrected chi connectivity index (χ4v) is 4.58. The van der Waals surface area contributed by atoms with Crippen LogP contribution in [0.5, 0.6) is 0 Å². The molecule has 1 aromatic heterocycles. The summed E-state index contributed by atoms with van der Waals surface area (Å²) in [5.74, 6) is 1.14. The Bertz CT molecular complexity index is 1010. The maximum atomic E-state index is 13.2. The Morgan fingerprint density at radius 1 is 0.938 bits per heavy atom. The van der Waals surface area contributed by atoms with Gasteiger partial charge in [-0.2, -0.15) is 0 Å². The Morgan fingerprint density at radius 3 is 2.25 bits per heavy atom. The molecule has 0 saturated heterocycles. The van der Waals surface area contributed by atoms with Gasteiger partial charge in [0.1, 0.15) is 5.82 Å². The molecular formula is C27H32N4O. The number of hydrogen-bond acceptors (Lipinski definition) is 4. The number of nitrogens with zero attached hydrogens (tertiary/aromatic N) is 1. The number of amides is 1. The van der Waals surface area contributed by atoms with Crippen LogP contribution in [0.25, 0.3) is 11.1 Å². The van der Waals surface area contributed by atoms with Crippen LogP contribution >= 0.6 is 0 Å². The van der Waals surface area contributed by atoms with E-state index in [1.54, 1.807) is 0 Å². The van der Waals surface area contributed by atoms with E-state index >= 15 is 0 Å². The summed E-state index contributed by atoms with van der Waals surface area (Å²) in [4.78, 5) is 17.8. The lowest BCUT2D eigenvalue weighted by atomic mass is 9.81. The van der Waals surface area contributed by atoms with Gasteiger partial charge in [-0.15, -0.1) is 0 Å². The van der Waals surface area contributed by atoms with Crippen molar-refractivity contribution in [3.8, 4) is 11.1 Å². The van der Waals surface area contributed by atoms with Crippen molar-refractivity contribution in [3.05, 3.63) is 84.1 Å². The first-order valence-corrected chi connectivity index (χ1v) is 11.5. The summed E-state index contributed by atoms with van der Waals surface area (Å²) in [6.45, 7) is 0.709. The number of rotatable bonds is 7. The van der Waals surface area contributed by atoms with Crippen LogP contribution in [0.1, 0.15) is 43.0 Å². The average Bonchev–Trinajstić information content (AvgIpc) is 2.84. The van der Waals surface area contributed by atoms with Gasteiger partial charge in [0.2, 0.25) is 5.91 Å². The van der Waals surface area contributed by atoms with Crippen molar-refractivity contribution < 1.29 is 4.79 Å². The molecule has 0 radical (unpaired) electrons. The standard InChI is InChI=1S/C27H32N4O/c28-18-20-11-13-22(14-12-20)27(32)31-24(15-19-7-3-1-4-8-19)25-16-23(17-26(29)30-25)21-9-5-2-6-10-21/h1-10,16-17,20,22,24H,11-15,18,28H2,(H2,29,30)(H,31,32)/t20-,22-,24?. The maximum Gasteiger partial charge on any atom is 0.223 e. The zero-order valence-corrected chi connectivity index (χ0v) is 18.4. The number of pyridine rings is 1. The van der Waals surface area contributed by atoms with Crippen molar-refractivity contribution in [3.63, 3.8) is 0 Å². The average molecular weight is 429 g/mol. The lowest BCUT2D eigenvalue weighted by molar-refractivity contribution is -0.127. The minimum absolute atomic E-state index is 0.0331. The predicted octanol–water partition coefficient (Wildman–Crippen LogP) is 4.50. The number of anilines is 1. The highest BCUT2D eigenvalue weighted by atomic mass is 16.1. The Balaban J connectivity index is 1.60. The smallest absolute Gasteiger partial charge is 0.223 e. The zero-order valence-electron chi connectivity index (χ0n) is 18.4. The highest BCUT2D eigenvalue weighted by molar-refractivity contribution is 5.79. The van der Waals surface area contributed by atoms with Crippen LogP contribution in [0.2, 0.25) is 0 Å². The molecule has 1 aliphatic carbocycles. The SMILES string of the molecule is NC[C@H]1CC[C@H](C(=O)NC(Cc2ccccc2)c2cc(-c3ccccc3)cc(N)n2)CC1. The second-order valence-electron chi connectivity index (χ2n) is 8.78. The molecule has 0 aliphatic heterocycles. The predicted molar refractivity (Wildman–Crippen MR) is 130 cm³/mol. The van der Waals surface area contributed by atoms with Crippen LogP contribution in [-0.4, -0.2) is 17.4 Å². The van der Waals surface area contributed by atoms with Gasteiger partial charge in [-0.3, -0.25) is 4.79 Å². The number of nitrogens with one attached hydrogen (secondary N) is 1. The van der Waals surface area contributed by atoms with Crippen molar-refractivity contribution in [2.75, 3.05) is 12.3 Å². The van der Waals surface area contributed by atoms with Gasteiger partial charge < -0.3 is 16.8 Å². The van der Waals surface area contributed by atoms with Crippen LogP contribution < -0.4 is 16.8 Å². The van der Waals surface area contributed by atoms with Crippen molar-refractivity contribution in [2.24, 2.45) is 17.6 Å². The minimum atomic E-state index is -0.247. The third kappa shape index (κ3) is 5.54. The largest absolute Gasteiger partial charge is 0.384 e. The molecule has 1 amide bonds. The Labute approximate surface area is 190 Å². The first kappa shape index (κ1) is 22.0. The summed E-state index contributed by atoms with van der Waals surface area (Å²) >= 11 is 0. The number of nitrogen functional groups attached to an aromatic ring is 1. The molecule has 5 nitrogen and oxygen atoms in total. The minimum Gasteiger partial charge on any atom is -0.384 e. The topological polar surface area (TPSA) is 94.0 Å². The summed E-state index contributed by atoms with van der Waals surface area (Å²) < 4.78 is 0. The van der Waals surface area contributed by atoms with E-state index in [9.17, 15) is 4.79 Å². The number of carbonyl (C=O) groups is 1. The summed E-state index contributed by atoms with van der Waals surface area (Å²) in [6, 6.07) is 24.0. The first-order chi connectivity index (χ1) is 15.6. The summed E-state index contributed by atoms with van der Waals surface area (Å²) in [6.07, 6.45) is 4.49. The lowest BCUT2D eigenvalue weighted by Crippen LogP contribution is -2.37. The summed E-state index contributed by atoms with van der Waals surface area (Å²) in [7, 11) is 0. The Morgan fingerprint density at radius 2 is 1.59 bits per heavy atom. The lowest BCUT2D eigenvalue weighted by Gasteiger charge is -2.29. The van der Waals surface area contributed by atoms with Gasteiger partial charge in [-0.1, -0.05) is 60.7 Å². The highest BCUT2D eigenvalue weighted by Gasteiger charge is 2.28. The molecule has 4 rings (SSSR count). The van der Waals surface area contributed by atoms with E-state index in [1.807, 2.05) is 48.5 Å². The van der Waals surface area contributed by atoms with Crippen molar-refractivity contribution in [1.29, 1.82) is 0 Å². The monoisotopic (exact) mass is 428 g/mol. The number of hydrogen-bond donors (Lipinski definition) is 3. The van der Waals surface area contributed by atoms with Gasteiger partial charge in [0.05, 0.1) is 11.7 Å². The third-order valence-electron chi connectivity index (χ3n) is 6.48. The van der Waals surface area contributed by atoms with E-state index in [-0.39, 0.29) is 17.9 Å². The van der Waals surface area contributed by atoms with Gasteiger partial charge in [-0.05, 0) is 73.4 Å². The van der Waals surface area contributed by atoms with Crippen LogP contribution in [-0.2, 0) is 11.2 Å². The molecule has 166 valence electrons. The molecule has 1 fully saturated rings. The van der Waals surface area contributed by atoms with Gasteiger partial charge >= 0.3 is 0 Å². The molecule has 32 heavy (non-hydrogen) atoms. The maximum absolute atomic E-state index is 13.2. The van der Waals surface area contributed by atoms with Crippen molar-refractivity contribution in [1.82, 2.24) is 10.3 Å². The molecule has 5 heteroatoms. The molecule has 1 unspecified atom stereocenters. The molecule has 5 N–H and O–H groups in total. The number of aromatic nitrogens is 1. The van der Waals surface area contributed by atoms with Crippen LogP contribution in [0.4, 0.5) is 5.82 Å². The fourth-order valence-electron chi connectivity index (χ4n) is 4.58. The summed E-state index contributed by atoms with van der Waals surface area (Å²) in [5, 5.41) is 3.30. The van der Waals surface area contributed by atoms with Gasteiger partial charge in [0.25, 0.3) is 0 Å². The van der Waals surface area contributed by atoms with Crippen LogP contribution in [0, 0.1) is 11.8 Å². The molecule has 1 aliphatic rings. The van der Waals surface area contributed by atoms with Crippen LogP contribution in [0.3, 0.4) is 0 Å². The molecule has 1 heterocycles. The van der Waals surface area contributed by atoms with Crippen LogP contribution in [0.15, 0.2) is 72.8 Å². The highest BCUT2D eigenvalue weighted by Crippen LogP contribution is 2.30. The second kappa shape index (κ2) is 10.4. The van der Waals surface area contributed by atoms with E-state index in [4.69, 9.17) is 11.5 Å². The molecule has 2 aromatic carbocycles. The number of benzene rings is 2. The molecule has 0 bridgehead atoms. The number of nitrogens with two attached hydrogens (primary N) is 2. The quantitative estimate of drug-likeness (QED) is 0.517. The molecule has 0 spiro atoms. The van der Waals surface area contributed by atoms with Gasteiger partial charge in [0.15, 0.2) is 0 Å². The van der Waals surface area contributed by atoms with Gasteiger partial charge in [-0.25, -0.2) is 4.98 Å². The van der Waals surface area contributed by atoms with E-state index in [0.29, 0.717) is 24.7 Å². The van der Waals surface area contributed by atoms with Crippen molar-refractivity contribution >= 4 is 11.7 Å². The van der Waals surface area contributed by atoms with Crippen molar-refractivity contribution in [2.45, 2.75) is 38.1 Å². The summed E-state index contributed by atoms with van der Waals surface area (Å²) in [5.41, 5.74) is 16.0.